The van der Waals surface area contributed by atoms with Crippen LogP contribution >= 0.6 is 0 Å². The van der Waals surface area contributed by atoms with Gasteiger partial charge in [0.2, 0.25) is 0 Å². The first-order chi connectivity index (χ1) is 8.00. The fraction of sp³-hybridized carbons (Fsp3) is 0.364. The minimum atomic E-state index is -1.21. The van der Waals surface area contributed by atoms with Gasteiger partial charge in [-0.3, -0.25) is 0 Å². The second-order valence-corrected chi connectivity index (χ2v) is 4.25. The van der Waals surface area contributed by atoms with E-state index >= 15 is 0 Å². The van der Waals surface area contributed by atoms with Crippen LogP contribution in [0.4, 0.5) is 11.7 Å². The average Bonchev–Trinajstić information content (AvgIpc) is 2.68. The minimum absolute atomic E-state index is 0.145. The molecule has 0 aliphatic rings. The van der Waals surface area contributed by atoms with Crippen molar-refractivity contribution in [1.82, 2.24) is 4.98 Å². The van der Waals surface area contributed by atoms with E-state index in [2.05, 4.69) is 10.3 Å². The van der Waals surface area contributed by atoms with E-state index < -0.39 is 5.60 Å². The Morgan fingerprint density at radius 2 is 2.29 bits per heavy atom. The van der Waals surface area contributed by atoms with Crippen LogP contribution in [-0.4, -0.2) is 33.9 Å². The Balaban J connectivity index is 2.15. The zero-order valence-electron chi connectivity index (χ0n) is 9.47. The standard InChI is InChI=1S/C11H15N3O3/c1-11(16,6-15)5-13-10-14-8-4-7(12)2-3-9(8)17-10/h2-4,15-16H,5-6,12H2,1H3,(H,13,14). The maximum absolute atomic E-state index is 9.60. The Morgan fingerprint density at radius 3 is 3.00 bits per heavy atom. The van der Waals surface area contributed by atoms with Crippen molar-refractivity contribution in [3.05, 3.63) is 18.2 Å². The van der Waals surface area contributed by atoms with Gasteiger partial charge in [-0.1, -0.05) is 0 Å². The van der Waals surface area contributed by atoms with Crippen LogP contribution in [0.15, 0.2) is 22.6 Å². The van der Waals surface area contributed by atoms with Crippen LogP contribution < -0.4 is 11.1 Å². The third kappa shape index (κ3) is 2.66. The molecule has 1 aromatic heterocycles. The molecule has 1 heterocycles. The highest BCUT2D eigenvalue weighted by atomic mass is 16.4. The van der Waals surface area contributed by atoms with Crippen molar-refractivity contribution in [2.45, 2.75) is 12.5 Å². The molecule has 0 radical (unpaired) electrons. The van der Waals surface area contributed by atoms with Gasteiger partial charge in [0.15, 0.2) is 5.58 Å². The number of nitrogens with zero attached hydrogens (tertiary/aromatic N) is 1. The third-order valence-corrected chi connectivity index (χ3v) is 2.37. The molecular weight excluding hydrogens is 222 g/mol. The monoisotopic (exact) mass is 237 g/mol. The smallest absolute Gasteiger partial charge is 0.295 e. The number of oxazole rings is 1. The van der Waals surface area contributed by atoms with E-state index in [1.165, 1.54) is 6.92 Å². The summed E-state index contributed by atoms with van der Waals surface area (Å²) in [5.41, 5.74) is 6.29. The molecule has 6 heteroatoms. The Kier molecular flexibility index (Phi) is 2.91. The molecule has 6 nitrogen and oxygen atoms in total. The number of hydrogen-bond acceptors (Lipinski definition) is 6. The molecule has 92 valence electrons. The molecule has 0 aliphatic carbocycles. The van der Waals surface area contributed by atoms with E-state index in [1.54, 1.807) is 18.2 Å². The summed E-state index contributed by atoms with van der Waals surface area (Å²) < 4.78 is 5.39. The van der Waals surface area contributed by atoms with Crippen LogP contribution in [-0.2, 0) is 0 Å². The fourth-order valence-corrected chi connectivity index (χ4v) is 1.34. The highest BCUT2D eigenvalue weighted by molar-refractivity contribution is 5.78. The summed E-state index contributed by atoms with van der Waals surface area (Å²) in [7, 11) is 0. The first-order valence-electron chi connectivity index (χ1n) is 5.23. The molecule has 0 spiro atoms. The first kappa shape index (κ1) is 11.7. The van der Waals surface area contributed by atoms with Gasteiger partial charge in [0.05, 0.1) is 6.61 Å². The van der Waals surface area contributed by atoms with Crippen LogP contribution in [0.3, 0.4) is 0 Å². The molecule has 0 fully saturated rings. The highest BCUT2D eigenvalue weighted by Crippen LogP contribution is 2.21. The molecule has 0 aliphatic heterocycles. The van der Waals surface area contributed by atoms with Gasteiger partial charge >= 0.3 is 0 Å². The molecular formula is C11H15N3O3. The maximum Gasteiger partial charge on any atom is 0.295 e. The lowest BCUT2D eigenvalue weighted by Crippen LogP contribution is -2.37. The number of hydrogen-bond donors (Lipinski definition) is 4. The summed E-state index contributed by atoms with van der Waals surface area (Å²) >= 11 is 0. The summed E-state index contributed by atoms with van der Waals surface area (Å²) in [5, 5.41) is 21.3. The number of aliphatic hydroxyl groups is 2. The molecule has 5 N–H and O–H groups in total. The van der Waals surface area contributed by atoms with Gasteiger partial charge in [-0.2, -0.15) is 4.98 Å². The molecule has 1 atom stereocenters. The SMILES string of the molecule is CC(O)(CO)CNc1nc2cc(N)ccc2o1. The number of fused-ring (bicyclic) bond motifs is 1. The van der Waals surface area contributed by atoms with Crippen LogP contribution in [0.5, 0.6) is 0 Å². The third-order valence-electron chi connectivity index (χ3n) is 2.37. The van der Waals surface area contributed by atoms with E-state index in [4.69, 9.17) is 15.3 Å². The van der Waals surface area contributed by atoms with Gasteiger partial charge in [0.1, 0.15) is 11.1 Å². The molecule has 1 unspecified atom stereocenters. The normalized spacial score (nSPS) is 14.8. The van der Waals surface area contributed by atoms with Crippen molar-refractivity contribution in [2.75, 3.05) is 24.2 Å². The van der Waals surface area contributed by atoms with Crippen LogP contribution in [0.1, 0.15) is 6.92 Å². The van der Waals surface area contributed by atoms with E-state index in [9.17, 15) is 5.11 Å². The van der Waals surface area contributed by atoms with Gasteiger partial charge in [-0.25, -0.2) is 0 Å². The molecule has 0 amide bonds. The van der Waals surface area contributed by atoms with E-state index in [1.807, 2.05) is 0 Å². The predicted molar refractivity (Wildman–Crippen MR) is 64.6 cm³/mol. The maximum atomic E-state index is 9.60. The van der Waals surface area contributed by atoms with Crippen molar-refractivity contribution < 1.29 is 14.6 Å². The van der Waals surface area contributed by atoms with Crippen molar-refractivity contribution in [2.24, 2.45) is 0 Å². The summed E-state index contributed by atoms with van der Waals surface area (Å²) in [5.74, 6) is 0. The van der Waals surface area contributed by atoms with Crippen LogP contribution in [0.25, 0.3) is 11.1 Å². The molecule has 2 aromatic rings. The molecule has 1 aromatic carbocycles. The van der Waals surface area contributed by atoms with Crippen LogP contribution in [0.2, 0.25) is 0 Å². The van der Waals surface area contributed by atoms with Gasteiger partial charge in [-0.15, -0.1) is 0 Å². The topological polar surface area (TPSA) is 105 Å². The number of nitrogen functional groups attached to an aromatic ring is 1. The van der Waals surface area contributed by atoms with Gasteiger partial charge in [0, 0.05) is 12.2 Å². The number of aromatic nitrogens is 1. The highest BCUT2D eigenvalue weighted by Gasteiger charge is 2.19. The number of nitrogens with one attached hydrogen (secondary N) is 1. The summed E-state index contributed by atoms with van der Waals surface area (Å²) in [6.07, 6.45) is 0. The zero-order chi connectivity index (χ0) is 12.5. The quantitative estimate of drug-likeness (QED) is 0.579. The largest absolute Gasteiger partial charge is 0.424 e. The van der Waals surface area contributed by atoms with Gasteiger partial charge in [-0.05, 0) is 25.1 Å². The molecule has 17 heavy (non-hydrogen) atoms. The Morgan fingerprint density at radius 1 is 1.53 bits per heavy atom. The number of nitrogens with two attached hydrogens (primary N) is 1. The van der Waals surface area contributed by atoms with Crippen LogP contribution in [0, 0.1) is 0 Å². The zero-order valence-corrected chi connectivity index (χ0v) is 9.47. The second-order valence-electron chi connectivity index (χ2n) is 4.25. The Bertz CT molecular complexity index is 522. The van der Waals surface area contributed by atoms with Gasteiger partial charge < -0.3 is 25.7 Å². The van der Waals surface area contributed by atoms with Crippen molar-refractivity contribution in [1.29, 1.82) is 0 Å². The molecule has 0 saturated heterocycles. The number of benzene rings is 1. The number of rotatable bonds is 4. The lowest BCUT2D eigenvalue weighted by molar-refractivity contribution is 0.0129. The second kappa shape index (κ2) is 4.23. The average molecular weight is 237 g/mol. The van der Waals surface area contributed by atoms with Crippen molar-refractivity contribution in [3.8, 4) is 0 Å². The Hall–Kier alpha value is -1.79. The van der Waals surface area contributed by atoms with E-state index in [-0.39, 0.29) is 13.2 Å². The minimum Gasteiger partial charge on any atom is -0.424 e. The van der Waals surface area contributed by atoms with Crippen molar-refractivity contribution >= 4 is 22.8 Å². The summed E-state index contributed by atoms with van der Waals surface area (Å²) in [6.45, 7) is 1.32. The summed E-state index contributed by atoms with van der Waals surface area (Å²) in [6, 6.07) is 5.45. The van der Waals surface area contributed by atoms with E-state index in [0.29, 0.717) is 22.8 Å². The fourth-order valence-electron chi connectivity index (χ4n) is 1.34. The molecule has 2 rings (SSSR count). The number of anilines is 2. The number of aliphatic hydroxyl groups excluding tert-OH is 1. The molecule has 0 saturated carbocycles. The molecule has 0 bridgehead atoms. The van der Waals surface area contributed by atoms with Gasteiger partial charge in [0.25, 0.3) is 6.01 Å². The Labute approximate surface area is 98.1 Å². The van der Waals surface area contributed by atoms with Crippen molar-refractivity contribution in [3.63, 3.8) is 0 Å². The van der Waals surface area contributed by atoms with E-state index in [0.717, 1.165) is 0 Å². The lowest BCUT2D eigenvalue weighted by Gasteiger charge is -2.19. The predicted octanol–water partition coefficient (Wildman–Crippen LogP) is 0.565. The summed E-state index contributed by atoms with van der Waals surface area (Å²) in [4.78, 5) is 4.16. The lowest BCUT2D eigenvalue weighted by atomic mass is 10.1. The first-order valence-corrected chi connectivity index (χ1v) is 5.23.